The van der Waals surface area contributed by atoms with E-state index in [-0.39, 0.29) is 6.04 Å². The van der Waals surface area contributed by atoms with Gasteiger partial charge in [0.25, 0.3) is 0 Å². The van der Waals surface area contributed by atoms with E-state index in [4.69, 9.17) is 0 Å². The maximum atomic E-state index is 10.8. The molecule has 0 saturated carbocycles. The molecule has 0 bridgehead atoms. The standard InChI is InChI=1S/C20H30N2O/c1-8-12-18(10-3)19(13-9-2)17(5)22(7)20(14-11-15-23)16(4)21-6/h9-10,12-13,15,20-21H,2-5,8,11,14H2,1,6-7H3/b18-12-,19-13-. The van der Waals surface area contributed by atoms with Crippen LogP contribution in [0.15, 0.2) is 73.2 Å². The Bertz CT molecular complexity index is 512. The molecule has 0 aliphatic heterocycles. The third-order valence-electron chi connectivity index (χ3n) is 3.72. The second-order valence-corrected chi connectivity index (χ2v) is 5.18. The van der Waals surface area contributed by atoms with Gasteiger partial charge in [-0.25, -0.2) is 0 Å². The van der Waals surface area contributed by atoms with Gasteiger partial charge in [-0.05, 0) is 18.4 Å². The number of nitrogens with one attached hydrogen (secondary N) is 1. The zero-order chi connectivity index (χ0) is 17.8. The van der Waals surface area contributed by atoms with Crippen molar-refractivity contribution >= 4 is 6.29 Å². The van der Waals surface area contributed by atoms with Crippen molar-refractivity contribution in [3.8, 4) is 0 Å². The summed E-state index contributed by atoms with van der Waals surface area (Å²) < 4.78 is 0. The molecule has 0 aromatic carbocycles. The van der Waals surface area contributed by atoms with E-state index < -0.39 is 0 Å². The second-order valence-electron chi connectivity index (χ2n) is 5.18. The van der Waals surface area contributed by atoms with Gasteiger partial charge < -0.3 is 15.0 Å². The van der Waals surface area contributed by atoms with Crippen LogP contribution in [0.3, 0.4) is 0 Å². The van der Waals surface area contributed by atoms with Crippen LogP contribution in [0, 0.1) is 0 Å². The summed E-state index contributed by atoms with van der Waals surface area (Å²) in [5, 5.41) is 3.08. The van der Waals surface area contributed by atoms with E-state index in [0.29, 0.717) is 12.8 Å². The molecule has 0 saturated heterocycles. The third kappa shape index (κ3) is 6.15. The van der Waals surface area contributed by atoms with E-state index in [1.54, 1.807) is 6.08 Å². The number of nitrogens with zero attached hydrogens (tertiary/aromatic N) is 1. The number of hydrogen-bond acceptors (Lipinski definition) is 3. The van der Waals surface area contributed by atoms with Crippen LogP contribution in [-0.2, 0) is 4.79 Å². The molecule has 0 aliphatic rings. The molecule has 1 N–H and O–H groups in total. The normalized spacial score (nSPS) is 13.0. The van der Waals surface area contributed by atoms with Gasteiger partial charge >= 0.3 is 0 Å². The summed E-state index contributed by atoms with van der Waals surface area (Å²) in [5.41, 5.74) is 3.69. The van der Waals surface area contributed by atoms with Crippen molar-refractivity contribution in [2.24, 2.45) is 0 Å². The summed E-state index contributed by atoms with van der Waals surface area (Å²) >= 11 is 0. The summed E-state index contributed by atoms with van der Waals surface area (Å²) in [6.07, 6.45) is 10.6. The summed E-state index contributed by atoms with van der Waals surface area (Å²) in [4.78, 5) is 12.8. The van der Waals surface area contributed by atoms with Crippen molar-refractivity contribution < 1.29 is 4.79 Å². The molecule has 0 aliphatic carbocycles. The molecule has 1 unspecified atom stereocenters. The Morgan fingerprint density at radius 1 is 1.30 bits per heavy atom. The van der Waals surface area contributed by atoms with Gasteiger partial charge in [0, 0.05) is 37.5 Å². The average molecular weight is 314 g/mol. The van der Waals surface area contributed by atoms with Gasteiger partial charge in [-0.3, -0.25) is 0 Å². The molecule has 126 valence electrons. The Labute approximate surface area is 141 Å². The van der Waals surface area contributed by atoms with Crippen molar-refractivity contribution in [2.75, 3.05) is 14.1 Å². The van der Waals surface area contributed by atoms with E-state index in [2.05, 4.69) is 44.6 Å². The molecule has 3 nitrogen and oxygen atoms in total. The third-order valence-corrected chi connectivity index (χ3v) is 3.72. The Morgan fingerprint density at radius 2 is 1.96 bits per heavy atom. The second kappa shape index (κ2) is 11.3. The fraction of sp³-hybridized carbons (Fsp3) is 0.350. The van der Waals surface area contributed by atoms with Crippen molar-refractivity contribution in [1.82, 2.24) is 10.2 Å². The van der Waals surface area contributed by atoms with Crippen LogP contribution in [0.4, 0.5) is 0 Å². The zero-order valence-corrected chi connectivity index (χ0v) is 14.8. The Hall–Kier alpha value is -2.29. The monoisotopic (exact) mass is 314 g/mol. The predicted molar refractivity (Wildman–Crippen MR) is 101 cm³/mol. The fourth-order valence-corrected chi connectivity index (χ4v) is 2.37. The molecule has 0 rings (SSSR count). The van der Waals surface area contributed by atoms with Gasteiger partial charge in [0.2, 0.25) is 0 Å². The molecule has 0 amide bonds. The largest absolute Gasteiger partial charge is 0.390 e. The molecule has 0 heterocycles. The number of likely N-dealkylation sites (N-methyl/N-ethyl adjacent to an activating group) is 2. The summed E-state index contributed by atoms with van der Waals surface area (Å²) in [7, 11) is 3.80. The molecule has 0 radical (unpaired) electrons. The van der Waals surface area contributed by atoms with Crippen LogP contribution in [-0.4, -0.2) is 31.3 Å². The van der Waals surface area contributed by atoms with Crippen molar-refractivity contribution in [3.63, 3.8) is 0 Å². The molecule has 1 atom stereocenters. The van der Waals surface area contributed by atoms with Crippen LogP contribution < -0.4 is 5.32 Å². The highest BCUT2D eigenvalue weighted by Gasteiger charge is 2.21. The highest BCUT2D eigenvalue weighted by atomic mass is 16.1. The van der Waals surface area contributed by atoms with E-state index >= 15 is 0 Å². The average Bonchev–Trinajstić information content (AvgIpc) is 2.57. The van der Waals surface area contributed by atoms with E-state index in [1.807, 2.05) is 31.1 Å². The quantitative estimate of drug-likeness (QED) is 0.434. The molecule has 0 aromatic rings. The lowest BCUT2D eigenvalue weighted by atomic mass is 9.98. The summed E-state index contributed by atoms with van der Waals surface area (Å²) in [6, 6.07) is -0.0152. The van der Waals surface area contributed by atoms with Crippen LogP contribution in [0.2, 0.25) is 0 Å². The van der Waals surface area contributed by atoms with E-state index in [1.165, 1.54) is 0 Å². The maximum absolute atomic E-state index is 10.8. The maximum Gasteiger partial charge on any atom is 0.120 e. The number of carbonyl (C=O) groups is 1. The van der Waals surface area contributed by atoms with Gasteiger partial charge in [0.05, 0.1) is 6.04 Å². The van der Waals surface area contributed by atoms with Gasteiger partial charge in [0.15, 0.2) is 0 Å². The minimum Gasteiger partial charge on any atom is -0.390 e. The van der Waals surface area contributed by atoms with E-state index in [0.717, 1.165) is 35.2 Å². The number of rotatable bonds is 12. The van der Waals surface area contributed by atoms with E-state index in [9.17, 15) is 4.79 Å². The van der Waals surface area contributed by atoms with Crippen LogP contribution in [0.1, 0.15) is 26.2 Å². The number of hydrogen-bond donors (Lipinski definition) is 1. The fourth-order valence-electron chi connectivity index (χ4n) is 2.37. The number of allylic oxidation sites excluding steroid dienone is 5. The molecular formula is C20H30N2O. The zero-order valence-electron chi connectivity index (χ0n) is 14.8. The first kappa shape index (κ1) is 20.7. The number of aldehydes is 1. The minimum absolute atomic E-state index is 0.0152. The number of carbonyl (C=O) groups excluding carboxylic acids is 1. The summed E-state index contributed by atoms with van der Waals surface area (Å²) in [5.74, 6) is 0. The minimum atomic E-state index is -0.0152. The van der Waals surface area contributed by atoms with Gasteiger partial charge in [-0.15, -0.1) is 0 Å². The SMILES string of the molecule is C=C/C=C(C(=C)N(C)C(CCC=O)C(=C)NC)\C(C=C)=C/CC. The summed E-state index contributed by atoms with van der Waals surface area (Å²) in [6.45, 7) is 18.0. The molecule has 0 fully saturated rings. The predicted octanol–water partition coefficient (Wildman–Crippen LogP) is 4.15. The Balaban J connectivity index is 5.61. The molecule has 0 aromatic heterocycles. The first-order chi connectivity index (χ1) is 11.0. The van der Waals surface area contributed by atoms with Crippen LogP contribution in [0.25, 0.3) is 0 Å². The lowest BCUT2D eigenvalue weighted by molar-refractivity contribution is -0.108. The first-order valence-electron chi connectivity index (χ1n) is 7.86. The van der Waals surface area contributed by atoms with Crippen molar-refractivity contribution in [2.45, 2.75) is 32.2 Å². The van der Waals surface area contributed by atoms with Crippen molar-refractivity contribution in [3.05, 3.63) is 73.2 Å². The van der Waals surface area contributed by atoms with Crippen molar-refractivity contribution in [1.29, 1.82) is 0 Å². The lowest BCUT2D eigenvalue weighted by Crippen LogP contribution is -2.36. The van der Waals surface area contributed by atoms with Crippen LogP contribution in [0.5, 0.6) is 0 Å². The molecule has 3 heteroatoms. The van der Waals surface area contributed by atoms with Gasteiger partial charge in [-0.1, -0.05) is 57.5 Å². The molecular weight excluding hydrogens is 284 g/mol. The van der Waals surface area contributed by atoms with Gasteiger partial charge in [-0.2, -0.15) is 0 Å². The highest BCUT2D eigenvalue weighted by Crippen LogP contribution is 2.26. The Kier molecular flexibility index (Phi) is 10.2. The first-order valence-corrected chi connectivity index (χ1v) is 7.86. The van der Waals surface area contributed by atoms with Gasteiger partial charge in [0.1, 0.15) is 6.29 Å². The smallest absolute Gasteiger partial charge is 0.120 e. The molecule has 0 spiro atoms. The Morgan fingerprint density at radius 3 is 2.39 bits per heavy atom. The lowest BCUT2D eigenvalue weighted by Gasteiger charge is -2.34. The topological polar surface area (TPSA) is 32.3 Å². The van der Waals surface area contributed by atoms with Crippen LogP contribution >= 0.6 is 0 Å². The highest BCUT2D eigenvalue weighted by molar-refractivity contribution is 5.52. The molecule has 23 heavy (non-hydrogen) atoms.